The third-order valence-electron chi connectivity index (χ3n) is 3.34. The quantitative estimate of drug-likeness (QED) is 0.724. The lowest BCUT2D eigenvalue weighted by atomic mass is 10.2. The number of aromatic nitrogens is 3. The standard InChI is InChI=1S/C17H18N4S/c1-12-3-5-14(6-4-12)22-10-13(2)21-17-15-7-8-18-9-16(15)19-11-20-17/h3-9,11,13H,10H2,1-2H3,(H,19,20,21). The summed E-state index contributed by atoms with van der Waals surface area (Å²) in [5.41, 5.74) is 2.15. The van der Waals surface area contributed by atoms with E-state index in [4.69, 9.17) is 0 Å². The van der Waals surface area contributed by atoms with Crippen molar-refractivity contribution >= 4 is 28.5 Å². The summed E-state index contributed by atoms with van der Waals surface area (Å²) < 4.78 is 0. The number of hydrogen-bond donors (Lipinski definition) is 1. The summed E-state index contributed by atoms with van der Waals surface area (Å²) in [7, 11) is 0. The Hall–Kier alpha value is -2.14. The van der Waals surface area contributed by atoms with Gasteiger partial charge in [0, 0.05) is 28.3 Å². The zero-order valence-corrected chi connectivity index (χ0v) is 13.5. The predicted molar refractivity (Wildman–Crippen MR) is 92.3 cm³/mol. The maximum absolute atomic E-state index is 4.35. The number of nitrogens with zero attached hydrogens (tertiary/aromatic N) is 3. The molecule has 0 spiro atoms. The fourth-order valence-corrected chi connectivity index (χ4v) is 3.01. The fourth-order valence-electron chi connectivity index (χ4n) is 2.15. The largest absolute Gasteiger partial charge is 0.366 e. The van der Waals surface area contributed by atoms with Gasteiger partial charge in [-0.05, 0) is 32.0 Å². The molecule has 0 aliphatic rings. The Morgan fingerprint density at radius 2 is 1.95 bits per heavy atom. The first-order valence-corrected chi connectivity index (χ1v) is 8.21. The highest BCUT2D eigenvalue weighted by Gasteiger charge is 2.08. The third kappa shape index (κ3) is 3.54. The third-order valence-corrected chi connectivity index (χ3v) is 4.62. The van der Waals surface area contributed by atoms with E-state index in [9.17, 15) is 0 Å². The van der Waals surface area contributed by atoms with Crippen molar-refractivity contribution in [2.45, 2.75) is 24.8 Å². The molecule has 1 N–H and O–H groups in total. The van der Waals surface area contributed by atoms with Gasteiger partial charge in [0.25, 0.3) is 0 Å². The van der Waals surface area contributed by atoms with E-state index in [0.29, 0.717) is 6.04 Å². The van der Waals surface area contributed by atoms with Crippen LogP contribution < -0.4 is 5.32 Å². The fraction of sp³-hybridized carbons (Fsp3) is 0.235. The molecule has 0 aliphatic heterocycles. The van der Waals surface area contributed by atoms with Crippen LogP contribution in [0.5, 0.6) is 0 Å². The summed E-state index contributed by atoms with van der Waals surface area (Å²) in [6.07, 6.45) is 5.10. The van der Waals surface area contributed by atoms with Gasteiger partial charge in [-0.2, -0.15) is 0 Å². The molecule has 0 saturated heterocycles. The van der Waals surface area contributed by atoms with Crippen LogP contribution in [0.15, 0.2) is 53.9 Å². The molecule has 2 aromatic heterocycles. The van der Waals surface area contributed by atoms with E-state index in [1.807, 2.05) is 17.8 Å². The second kappa shape index (κ2) is 6.75. The van der Waals surface area contributed by atoms with Crippen molar-refractivity contribution in [1.29, 1.82) is 0 Å². The number of hydrogen-bond acceptors (Lipinski definition) is 5. The first-order valence-electron chi connectivity index (χ1n) is 7.23. The van der Waals surface area contributed by atoms with Gasteiger partial charge in [-0.3, -0.25) is 4.98 Å². The Balaban J connectivity index is 1.65. The smallest absolute Gasteiger partial charge is 0.137 e. The molecular formula is C17H18N4S. The second-order valence-electron chi connectivity index (χ2n) is 5.28. The number of anilines is 1. The normalized spacial score (nSPS) is 12.3. The summed E-state index contributed by atoms with van der Waals surface area (Å²) in [5, 5.41) is 4.47. The molecule has 2 heterocycles. The van der Waals surface area contributed by atoms with Gasteiger partial charge in [0.1, 0.15) is 12.1 Å². The highest BCUT2D eigenvalue weighted by Crippen LogP contribution is 2.22. The van der Waals surface area contributed by atoms with Crippen LogP contribution in [0.2, 0.25) is 0 Å². The molecule has 0 aliphatic carbocycles. The minimum atomic E-state index is 0.303. The van der Waals surface area contributed by atoms with Gasteiger partial charge in [0.05, 0.1) is 11.7 Å². The Kier molecular flexibility index (Phi) is 4.53. The molecule has 112 valence electrons. The average molecular weight is 310 g/mol. The summed E-state index contributed by atoms with van der Waals surface area (Å²) in [6, 6.07) is 10.9. The number of aryl methyl sites for hydroxylation is 1. The maximum atomic E-state index is 4.35. The van der Waals surface area contributed by atoms with Gasteiger partial charge in [0.2, 0.25) is 0 Å². The zero-order chi connectivity index (χ0) is 15.4. The Labute approximate surface area is 134 Å². The van der Waals surface area contributed by atoms with E-state index in [-0.39, 0.29) is 0 Å². The Morgan fingerprint density at radius 3 is 2.77 bits per heavy atom. The number of benzene rings is 1. The molecule has 1 atom stereocenters. The van der Waals surface area contributed by atoms with E-state index < -0.39 is 0 Å². The van der Waals surface area contributed by atoms with Crippen LogP contribution in [0.25, 0.3) is 10.9 Å². The molecular weight excluding hydrogens is 292 g/mol. The molecule has 5 heteroatoms. The molecule has 0 saturated carbocycles. The lowest BCUT2D eigenvalue weighted by Gasteiger charge is -2.15. The van der Waals surface area contributed by atoms with Crippen LogP contribution >= 0.6 is 11.8 Å². The number of nitrogens with one attached hydrogen (secondary N) is 1. The SMILES string of the molecule is Cc1ccc(SCC(C)Nc2ncnc3cnccc23)cc1. The number of rotatable bonds is 5. The van der Waals surface area contributed by atoms with Gasteiger partial charge < -0.3 is 5.32 Å². The highest BCUT2D eigenvalue weighted by atomic mass is 32.2. The van der Waals surface area contributed by atoms with Crippen LogP contribution in [-0.4, -0.2) is 26.7 Å². The van der Waals surface area contributed by atoms with Gasteiger partial charge in [0.15, 0.2) is 0 Å². The topological polar surface area (TPSA) is 50.7 Å². The van der Waals surface area contributed by atoms with Gasteiger partial charge in [-0.25, -0.2) is 9.97 Å². The van der Waals surface area contributed by atoms with Gasteiger partial charge >= 0.3 is 0 Å². The highest BCUT2D eigenvalue weighted by molar-refractivity contribution is 7.99. The van der Waals surface area contributed by atoms with Crippen LogP contribution in [0.1, 0.15) is 12.5 Å². The molecule has 4 nitrogen and oxygen atoms in total. The first kappa shape index (κ1) is 14.8. The van der Waals surface area contributed by atoms with E-state index in [2.05, 4.69) is 58.4 Å². The molecule has 3 aromatic rings. The molecule has 3 rings (SSSR count). The molecule has 0 radical (unpaired) electrons. The van der Waals surface area contributed by atoms with E-state index in [1.54, 1.807) is 18.7 Å². The predicted octanol–water partition coefficient (Wildman–Crippen LogP) is 3.93. The van der Waals surface area contributed by atoms with Crippen molar-refractivity contribution in [3.8, 4) is 0 Å². The van der Waals surface area contributed by atoms with Gasteiger partial charge in [-0.1, -0.05) is 17.7 Å². The zero-order valence-electron chi connectivity index (χ0n) is 12.7. The van der Waals surface area contributed by atoms with E-state index >= 15 is 0 Å². The maximum Gasteiger partial charge on any atom is 0.137 e. The van der Waals surface area contributed by atoms with Crippen LogP contribution in [0, 0.1) is 6.92 Å². The molecule has 0 bridgehead atoms. The summed E-state index contributed by atoms with van der Waals surface area (Å²) in [4.78, 5) is 14.0. The monoisotopic (exact) mass is 310 g/mol. The van der Waals surface area contributed by atoms with E-state index in [0.717, 1.165) is 22.5 Å². The van der Waals surface area contributed by atoms with Crippen molar-refractivity contribution in [3.63, 3.8) is 0 Å². The Morgan fingerprint density at radius 1 is 1.14 bits per heavy atom. The van der Waals surface area contributed by atoms with Crippen molar-refractivity contribution in [2.75, 3.05) is 11.1 Å². The first-order chi connectivity index (χ1) is 10.7. The van der Waals surface area contributed by atoms with E-state index in [1.165, 1.54) is 10.5 Å². The van der Waals surface area contributed by atoms with Gasteiger partial charge in [-0.15, -0.1) is 11.8 Å². The summed E-state index contributed by atoms with van der Waals surface area (Å²) in [6.45, 7) is 4.27. The minimum absolute atomic E-state index is 0.303. The number of fused-ring (bicyclic) bond motifs is 1. The molecule has 22 heavy (non-hydrogen) atoms. The molecule has 1 aromatic carbocycles. The van der Waals surface area contributed by atoms with Crippen LogP contribution in [0.4, 0.5) is 5.82 Å². The number of thioether (sulfide) groups is 1. The molecule has 1 unspecified atom stereocenters. The molecule has 0 fully saturated rings. The molecule has 0 amide bonds. The van der Waals surface area contributed by atoms with Crippen molar-refractivity contribution < 1.29 is 0 Å². The lowest BCUT2D eigenvalue weighted by Crippen LogP contribution is -2.19. The Bertz CT molecular complexity index is 753. The lowest BCUT2D eigenvalue weighted by molar-refractivity contribution is 0.902. The summed E-state index contributed by atoms with van der Waals surface area (Å²) >= 11 is 1.84. The van der Waals surface area contributed by atoms with Crippen molar-refractivity contribution in [3.05, 3.63) is 54.6 Å². The number of pyridine rings is 1. The average Bonchev–Trinajstić information content (AvgIpc) is 2.55. The summed E-state index contributed by atoms with van der Waals surface area (Å²) in [5.74, 6) is 1.84. The second-order valence-corrected chi connectivity index (χ2v) is 6.38. The minimum Gasteiger partial charge on any atom is -0.366 e. The van der Waals surface area contributed by atoms with Crippen molar-refractivity contribution in [2.24, 2.45) is 0 Å². The van der Waals surface area contributed by atoms with Crippen LogP contribution in [0.3, 0.4) is 0 Å². The van der Waals surface area contributed by atoms with Crippen LogP contribution in [-0.2, 0) is 0 Å². The van der Waals surface area contributed by atoms with Crippen molar-refractivity contribution in [1.82, 2.24) is 15.0 Å².